The van der Waals surface area contributed by atoms with Crippen LogP contribution in [0, 0.1) is 5.82 Å². The van der Waals surface area contributed by atoms with E-state index in [1.165, 1.54) is 6.07 Å². The number of nitrogens with zero attached hydrogens (tertiary/aromatic N) is 5. The molecule has 1 aliphatic rings. The first kappa shape index (κ1) is 21.6. The quantitative estimate of drug-likeness (QED) is 0.575. The third-order valence-electron chi connectivity index (χ3n) is 5.28. The van der Waals surface area contributed by atoms with Crippen LogP contribution in [-0.4, -0.2) is 60.3 Å². The first-order valence-corrected chi connectivity index (χ1v) is 10.3. The number of anilines is 4. The Morgan fingerprint density at radius 2 is 1.78 bits per heavy atom. The number of nitrogens with one attached hydrogen (secondary N) is 1. The van der Waals surface area contributed by atoms with E-state index in [0.29, 0.717) is 54.3 Å². The highest BCUT2D eigenvalue weighted by Gasteiger charge is 2.20. The Kier molecular flexibility index (Phi) is 6.50. The Balaban J connectivity index is 1.43. The first-order valence-electron chi connectivity index (χ1n) is 10.3. The Hall–Kier alpha value is -3.66. The topological polar surface area (TPSA) is 102 Å². The molecule has 168 valence electrons. The zero-order valence-electron chi connectivity index (χ0n) is 18.1. The number of hydrogen-bond acceptors (Lipinski definition) is 9. The van der Waals surface area contributed by atoms with Gasteiger partial charge in [0, 0.05) is 32.2 Å². The van der Waals surface area contributed by atoms with Gasteiger partial charge in [-0.3, -0.25) is 4.90 Å². The molecule has 1 aromatic heterocycles. The number of hydrogen-bond donors (Lipinski definition) is 2. The minimum absolute atomic E-state index is 0.129. The normalized spacial score (nSPS) is 14.3. The smallest absolute Gasteiger partial charge is 0.232 e. The van der Waals surface area contributed by atoms with Gasteiger partial charge in [-0.05, 0) is 24.3 Å². The van der Waals surface area contributed by atoms with Gasteiger partial charge in [0.2, 0.25) is 11.9 Å². The number of piperazine rings is 1. The van der Waals surface area contributed by atoms with E-state index in [-0.39, 0.29) is 11.8 Å². The van der Waals surface area contributed by atoms with E-state index in [0.717, 1.165) is 13.1 Å². The standard InChI is InChI=1S/C22H26FN7O2/c1-31-15-7-8-19(32-2)17(13-15)25-22-27-20(26-21(24)28-22)14-29-9-11-30(12-10-29)18-6-4-3-5-16(18)23/h3-8,13H,9-12,14H2,1-2H3,(H3,24,25,26,27,28). The number of methoxy groups -OCH3 is 2. The predicted octanol–water partition coefficient (Wildman–Crippen LogP) is 2.68. The van der Waals surface area contributed by atoms with Crippen molar-refractivity contribution in [2.75, 3.05) is 56.3 Å². The van der Waals surface area contributed by atoms with Gasteiger partial charge in [-0.2, -0.15) is 15.0 Å². The number of para-hydroxylation sites is 1. The number of halogens is 1. The van der Waals surface area contributed by atoms with Crippen molar-refractivity contribution in [3.63, 3.8) is 0 Å². The molecular weight excluding hydrogens is 413 g/mol. The lowest BCUT2D eigenvalue weighted by molar-refractivity contribution is 0.243. The minimum atomic E-state index is -0.199. The molecule has 0 aliphatic carbocycles. The summed E-state index contributed by atoms with van der Waals surface area (Å²) in [5.74, 6) is 2.10. The summed E-state index contributed by atoms with van der Waals surface area (Å²) in [6.45, 7) is 3.46. The Morgan fingerprint density at radius 3 is 2.50 bits per heavy atom. The number of aromatic nitrogens is 3. The zero-order chi connectivity index (χ0) is 22.5. The van der Waals surface area contributed by atoms with Crippen LogP contribution in [0.4, 0.5) is 27.7 Å². The second kappa shape index (κ2) is 9.65. The summed E-state index contributed by atoms with van der Waals surface area (Å²) >= 11 is 0. The van der Waals surface area contributed by atoms with Crippen molar-refractivity contribution in [3.8, 4) is 11.5 Å². The molecule has 2 aromatic carbocycles. The van der Waals surface area contributed by atoms with Gasteiger partial charge in [-0.1, -0.05) is 12.1 Å². The fourth-order valence-corrected chi connectivity index (χ4v) is 3.65. The molecule has 10 heteroatoms. The van der Waals surface area contributed by atoms with Gasteiger partial charge in [-0.25, -0.2) is 4.39 Å². The van der Waals surface area contributed by atoms with Gasteiger partial charge < -0.3 is 25.4 Å². The summed E-state index contributed by atoms with van der Waals surface area (Å²) in [5.41, 5.74) is 7.22. The van der Waals surface area contributed by atoms with E-state index in [4.69, 9.17) is 15.2 Å². The summed E-state index contributed by atoms with van der Waals surface area (Å²) < 4.78 is 24.7. The minimum Gasteiger partial charge on any atom is -0.497 e. The fraction of sp³-hybridized carbons (Fsp3) is 0.318. The molecule has 4 rings (SSSR count). The number of rotatable bonds is 7. The van der Waals surface area contributed by atoms with Gasteiger partial charge in [0.15, 0.2) is 0 Å². The summed E-state index contributed by atoms with van der Waals surface area (Å²) in [7, 11) is 3.18. The van der Waals surface area contributed by atoms with Crippen molar-refractivity contribution >= 4 is 23.3 Å². The molecule has 32 heavy (non-hydrogen) atoms. The highest BCUT2D eigenvalue weighted by Crippen LogP contribution is 2.30. The molecule has 0 atom stereocenters. The maximum Gasteiger partial charge on any atom is 0.232 e. The molecular formula is C22H26FN7O2. The average molecular weight is 439 g/mol. The van der Waals surface area contributed by atoms with Crippen LogP contribution in [-0.2, 0) is 6.54 Å². The molecule has 2 heterocycles. The van der Waals surface area contributed by atoms with E-state index in [2.05, 4.69) is 30.1 Å². The Labute approximate surface area is 186 Å². The van der Waals surface area contributed by atoms with Crippen LogP contribution in [0.1, 0.15) is 5.82 Å². The zero-order valence-corrected chi connectivity index (χ0v) is 18.1. The van der Waals surface area contributed by atoms with Crippen LogP contribution < -0.4 is 25.4 Å². The summed E-state index contributed by atoms with van der Waals surface area (Å²) in [4.78, 5) is 17.3. The largest absolute Gasteiger partial charge is 0.497 e. The highest BCUT2D eigenvalue weighted by atomic mass is 19.1. The van der Waals surface area contributed by atoms with Crippen molar-refractivity contribution in [2.45, 2.75) is 6.54 Å². The third-order valence-corrected chi connectivity index (χ3v) is 5.28. The van der Waals surface area contributed by atoms with Crippen LogP contribution in [0.3, 0.4) is 0 Å². The molecule has 0 bridgehead atoms. The van der Waals surface area contributed by atoms with Gasteiger partial charge >= 0.3 is 0 Å². The number of nitrogens with two attached hydrogens (primary N) is 1. The van der Waals surface area contributed by atoms with Crippen LogP contribution in [0.5, 0.6) is 11.5 Å². The van der Waals surface area contributed by atoms with E-state index in [9.17, 15) is 4.39 Å². The third kappa shape index (κ3) is 4.97. The Morgan fingerprint density at radius 1 is 1.00 bits per heavy atom. The first-order chi connectivity index (χ1) is 15.6. The number of ether oxygens (including phenoxy) is 2. The molecule has 3 N–H and O–H groups in total. The summed E-state index contributed by atoms with van der Waals surface area (Å²) in [6, 6.07) is 12.2. The maximum absolute atomic E-state index is 14.1. The van der Waals surface area contributed by atoms with Crippen molar-refractivity contribution in [1.29, 1.82) is 0 Å². The predicted molar refractivity (Wildman–Crippen MR) is 121 cm³/mol. The van der Waals surface area contributed by atoms with Crippen molar-refractivity contribution in [1.82, 2.24) is 19.9 Å². The van der Waals surface area contributed by atoms with E-state index >= 15 is 0 Å². The molecule has 1 fully saturated rings. The molecule has 0 saturated carbocycles. The molecule has 1 saturated heterocycles. The summed E-state index contributed by atoms with van der Waals surface area (Å²) in [6.07, 6.45) is 0. The average Bonchev–Trinajstić information content (AvgIpc) is 2.79. The molecule has 1 aliphatic heterocycles. The van der Waals surface area contributed by atoms with Gasteiger partial charge in [0.05, 0.1) is 32.1 Å². The van der Waals surface area contributed by atoms with Crippen LogP contribution in [0.15, 0.2) is 42.5 Å². The molecule has 0 radical (unpaired) electrons. The lowest BCUT2D eigenvalue weighted by atomic mass is 10.2. The van der Waals surface area contributed by atoms with E-state index < -0.39 is 0 Å². The molecule has 3 aromatic rings. The molecule has 9 nitrogen and oxygen atoms in total. The Bertz CT molecular complexity index is 1070. The van der Waals surface area contributed by atoms with Crippen molar-refractivity contribution in [2.24, 2.45) is 0 Å². The van der Waals surface area contributed by atoms with Crippen molar-refractivity contribution < 1.29 is 13.9 Å². The van der Waals surface area contributed by atoms with E-state index in [1.807, 2.05) is 12.1 Å². The summed E-state index contributed by atoms with van der Waals surface area (Å²) in [5, 5.41) is 3.14. The highest BCUT2D eigenvalue weighted by molar-refractivity contribution is 5.65. The second-order valence-electron chi connectivity index (χ2n) is 7.34. The lowest BCUT2D eigenvalue weighted by Gasteiger charge is -2.35. The van der Waals surface area contributed by atoms with Crippen molar-refractivity contribution in [3.05, 3.63) is 54.1 Å². The lowest BCUT2D eigenvalue weighted by Crippen LogP contribution is -2.46. The molecule has 0 spiro atoms. The molecule has 0 amide bonds. The molecule has 0 unspecified atom stereocenters. The van der Waals surface area contributed by atoms with Crippen LogP contribution in [0.2, 0.25) is 0 Å². The number of benzene rings is 2. The van der Waals surface area contributed by atoms with Gasteiger partial charge in [0.25, 0.3) is 0 Å². The monoisotopic (exact) mass is 439 g/mol. The van der Waals surface area contributed by atoms with Gasteiger partial charge in [0.1, 0.15) is 23.1 Å². The fourth-order valence-electron chi connectivity index (χ4n) is 3.65. The van der Waals surface area contributed by atoms with Crippen LogP contribution in [0.25, 0.3) is 0 Å². The van der Waals surface area contributed by atoms with Gasteiger partial charge in [-0.15, -0.1) is 0 Å². The maximum atomic E-state index is 14.1. The van der Waals surface area contributed by atoms with E-state index in [1.54, 1.807) is 38.5 Å². The van der Waals surface area contributed by atoms with Crippen LogP contribution >= 0.6 is 0 Å². The SMILES string of the molecule is COc1ccc(OC)c(Nc2nc(N)nc(CN3CCN(c4ccccc4F)CC3)n2)c1. The second-order valence-corrected chi connectivity index (χ2v) is 7.34. The number of nitrogen functional groups attached to an aromatic ring is 1.